The molecule has 0 saturated heterocycles. The van der Waals surface area contributed by atoms with Gasteiger partial charge in [0, 0.05) is 37.0 Å². The summed E-state index contributed by atoms with van der Waals surface area (Å²) >= 11 is 0. The normalized spacial score (nSPS) is 10.4. The molecule has 8 nitrogen and oxygen atoms in total. The Hall–Kier alpha value is -2.77. The summed E-state index contributed by atoms with van der Waals surface area (Å²) < 4.78 is 6.88. The van der Waals surface area contributed by atoms with Crippen molar-refractivity contribution in [3.63, 3.8) is 0 Å². The second-order valence-electron chi connectivity index (χ2n) is 4.40. The van der Waals surface area contributed by atoms with Gasteiger partial charge in [-0.25, -0.2) is 0 Å². The number of nitro groups is 1. The molecule has 0 amide bonds. The zero-order valence-electron chi connectivity index (χ0n) is 11.9. The molecule has 0 fully saturated rings. The van der Waals surface area contributed by atoms with Crippen LogP contribution in [0.3, 0.4) is 0 Å². The van der Waals surface area contributed by atoms with Crippen molar-refractivity contribution < 1.29 is 9.66 Å². The zero-order chi connectivity index (χ0) is 15.4. The molecule has 1 aromatic heterocycles. The summed E-state index contributed by atoms with van der Waals surface area (Å²) in [5.74, 6) is 0.820. The van der Waals surface area contributed by atoms with Gasteiger partial charge in [-0.2, -0.15) is 5.10 Å². The molecule has 112 valence electrons. The van der Waals surface area contributed by atoms with E-state index < -0.39 is 4.92 Å². The van der Waals surface area contributed by atoms with Crippen LogP contribution < -0.4 is 15.8 Å². The molecule has 2 aromatic rings. The standard InChI is InChI=1S/C13H17N5O3/c1-3-21-12-6-10(4-5-11(12)18(19)20)15-7-9-8-16-17(2)13(9)14/h4-6,8,15H,3,7,14H2,1-2H3. The molecule has 1 aromatic carbocycles. The number of ether oxygens (including phenoxy) is 1. The molecule has 0 aliphatic rings. The Balaban J connectivity index is 2.15. The molecule has 8 heteroatoms. The highest BCUT2D eigenvalue weighted by molar-refractivity contribution is 5.58. The van der Waals surface area contributed by atoms with Gasteiger partial charge in [0.25, 0.3) is 0 Å². The van der Waals surface area contributed by atoms with Crippen LogP contribution in [0.2, 0.25) is 0 Å². The van der Waals surface area contributed by atoms with Crippen LogP contribution in [-0.2, 0) is 13.6 Å². The summed E-state index contributed by atoms with van der Waals surface area (Å²) in [5.41, 5.74) is 7.37. The minimum Gasteiger partial charge on any atom is -0.487 e. The van der Waals surface area contributed by atoms with Crippen LogP contribution in [0.15, 0.2) is 24.4 Å². The third kappa shape index (κ3) is 3.22. The van der Waals surface area contributed by atoms with Crippen LogP contribution in [0.25, 0.3) is 0 Å². The molecular formula is C13H17N5O3. The van der Waals surface area contributed by atoms with Crippen molar-refractivity contribution in [3.05, 3.63) is 40.1 Å². The Bertz CT molecular complexity index is 653. The van der Waals surface area contributed by atoms with E-state index in [4.69, 9.17) is 10.5 Å². The van der Waals surface area contributed by atoms with Gasteiger partial charge in [-0.05, 0) is 13.0 Å². The maximum atomic E-state index is 10.9. The van der Waals surface area contributed by atoms with E-state index in [1.165, 1.54) is 6.07 Å². The number of rotatable bonds is 6. The van der Waals surface area contributed by atoms with Gasteiger partial charge in [0.2, 0.25) is 0 Å². The van der Waals surface area contributed by atoms with Crippen LogP contribution in [0.4, 0.5) is 17.2 Å². The first-order chi connectivity index (χ1) is 10.0. The number of hydrogen-bond donors (Lipinski definition) is 2. The first-order valence-electron chi connectivity index (χ1n) is 6.44. The first-order valence-corrected chi connectivity index (χ1v) is 6.44. The number of benzene rings is 1. The third-order valence-corrected chi connectivity index (χ3v) is 3.00. The maximum Gasteiger partial charge on any atom is 0.311 e. The number of nitrogen functional groups attached to an aromatic ring is 1. The number of nitro benzene ring substituents is 1. The first kappa shape index (κ1) is 14.6. The SMILES string of the molecule is CCOc1cc(NCc2cnn(C)c2N)ccc1[N+](=O)[O-]. The van der Waals surface area contributed by atoms with Crippen molar-refractivity contribution in [1.82, 2.24) is 9.78 Å². The van der Waals surface area contributed by atoms with Crippen LogP contribution >= 0.6 is 0 Å². The Morgan fingerprint density at radius 1 is 1.52 bits per heavy atom. The number of hydrogen-bond acceptors (Lipinski definition) is 6. The van der Waals surface area contributed by atoms with Gasteiger partial charge in [0.05, 0.1) is 17.7 Å². The lowest BCUT2D eigenvalue weighted by Crippen LogP contribution is -2.05. The quantitative estimate of drug-likeness (QED) is 0.621. The van der Waals surface area contributed by atoms with E-state index in [2.05, 4.69) is 10.4 Å². The lowest BCUT2D eigenvalue weighted by Gasteiger charge is -2.09. The van der Waals surface area contributed by atoms with Crippen molar-refractivity contribution in [2.45, 2.75) is 13.5 Å². The van der Waals surface area contributed by atoms with Gasteiger partial charge in [-0.1, -0.05) is 0 Å². The molecule has 0 aliphatic heterocycles. The Kier molecular flexibility index (Phi) is 4.27. The molecule has 21 heavy (non-hydrogen) atoms. The molecule has 0 unspecified atom stereocenters. The third-order valence-electron chi connectivity index (χ3n) is 3.00. The van der Waals surface area contributed by atoms with Crippen LogP contribution in [0, 0.1) is 10.1 Å². The molecule has 1 heterocycles. The molecule has 2 rings (SSSR count). The summed E-state index contributed by atoms with van der Waals surface area (Å²) in [6.45, 7) is 2.61. The molecule has 0 aliphatic carbocycles. The molecule has 0 spiro atoms. The Labute approximate surface area is 121 Å². The van der Waals surface area contributed by atoms with Crippen LogP contribution in [0.5, 0.6) is 5.75 Å². The summed E-state index contributed by atoms with van der Waals surface area (Å²) in [6, 6.07) is 4.65. The average Bonchev–Trinajstić information content (AvgIpc) is 2.77. The minimum absolute atomic E-state index is 0.0525. The number of nitrogens with zero attached hydrogens (tertiary/aromatic N) is 3. The minimum atomic E-state index is -0.464. The number of aryl methyl sites for hydroxylation is 1. The maximum absolute atomic E-state index is 10.9. The van der Waals surface area contributed by atoms with Gasteiger partial charge >= 0.3 is 5.69 Å². The molecule has 3 N–H and O–H groups in total. The van der Waals surface area contributed by atoms with Crippen molar-refractivity contribution in [2.75, 3.05) is 17.7 Å². The van der Waals surface area contributed by atoms with E-state index in [9.17, 15) is 10.1 Å². The summed E-state index contributed by atoms with van der Waals surface area (Å²) in [5, 5.41) is 18.1. The number of nitrogens with one attached hydrogen (secondary N) is 1. The Morgan fingerprint density at radius 2 is 2.29 bits per heavy atom. The lowest BCUT2D eigenvalue weighted by molar-refractivity contribution is -0.385. The molecule has 0 radical (unpaired) electrons. The Morgan fingerprint density at radius 3 is 2.86 bits per heavy atom. The van der Waals surface area contributed by atoms with Gasteiger partial charge in [0.1, 0.15) is 5.82 Å². The monoisotopic (exact) mass is 291 g/mol. The van der Waals surface area contributed by atoms with E-state index in [0.717, 1.165) is 5.56 Å². The van der Waals surface area contributed by atoms with Gasteiger partial charge in [0.15, 0.2) is 5.75 Å². The highest BCUT2D eigenvalue weighted by atomic mass is 16.6. The number of anilines is 2. The average molecular weight is 291 g/mol. The highest BCUT2D eigenvalue weighted by Gasteiger charge is 2.15. The van der Waals surface area contributed by atoms with Gasteiger partial charge in [-0.3, -0.25) is 14.8 Å². The van der Waals surface area contributed by atoms with E-state index >= 15 is 0 Å². The van der Waals surface area contributed by atoms with Crippen molar-refractivity contribution in [2.24, 2.45) is 7.05 Å². The second kappa shape index (κ2) is 6.12. The van der Waals surface area contributed by atoms with Crippen molar-refractivity contribution in [3.8, 4) is 5.75 Å². The molecule has 0 atom stereocenters. The fraction of sp³-hybridized carbons (Fsp3) is 0.308. The zero-order valence-corrected chi connectivity index (χ0v) is 11.9. The predicted octanol–water partition coefficient (Wildman–Crippen LogP) is 1.92. The van der Waals surface area contributed by atoms with E-state index in [0.29, 0.717) is 24.7 Å². The van der Waals surface area contributed by atoms with E-state index in [-0.39, 0.29) is 11.4 Å². The van der Waals surface area contributed by atoms with Crippen molar-refractivity contribution in [1.29, 1.82) is 0 Å². The van der Waals surface area contributed by atoms with Gasteiger partial charge < -0.3 is 15.8 Å². The topological polar surface area (TPSA) is 108 Å². The molecule has 0 saturated carbocycles. The highest BCUT2D eigenvalue weighted by Crippen LogP contribution is 2.30. The summed E-state index contributed by atoms with van der Waals surface area (Å²) in [4.78, 5) is 10.4. The molecular weight excluding hydrogens is 274 g/mol. The smallest absolute Gasteiger partial charge is 0.311 e. The number of aromatic nitrogens is 2. The number of nitrogens with two attached hydrogens (primary N) is 1. The fourth-order valence-corrected chi connectivity index (χ4v) is 1.87. The van der Waals surface area contributed by atoms with E-state index in [1.807, 2.05) is 0 Å². The van der Waals surface area contributed by atoms with E-state index in [1.54, 1.807) is 37.0 Å². The van der Waals surface area contributed by atoms with Crippen LogP contribution in [0.1, 0.15) is 12.5 Å². The van der Waals surface area contributed by atoms with Crippen LogP contribution in [-0.4, -0.2) is 21.3 Å². The fourth-order valence-electron chi connectivity index (χ4n) is 1.87. The van der Waals surface area contributed by atoms with Crippen molar-refractivity contribution >= 4 is 17.2 Å². The molecule has 0 bridgehead atoms. The summed E-state index contributed by atoms with van der Waals surface area (Å²) in [6.07, 6.45) is 1.68. The largest absolute Gasteiger partial charge is 0.487 e. The predicted molar refractivity (Wildman–Crippen MR) is 79.2 cm³/mol. The lowest BCUT2D eigenvalue weighted by atomic mass is 10.2. The second-order valence-corrected chi connectivity index (χ2v) is 4.40. The summed E-state index contributed by atoms with van der Waals surface area (Å²) in [7, 11) is 1.76. The van der Waals surface area contributed by atoms with Gasteiger partial charge in [-0.15, -0.1) is 0 Å².